The number of hydrogen-bond donors (Lipinski definition) is 0. The van der Waals surface area contributed by atoms with Crippen LogP contribution < -0.4 is 0 Å². The van der Waals surface area contributed by atoms with E-state index in [1.807, 2.05) is 0 Å². The summed E-state index contributed by atoms with van der Waals surface area (Å²) >= 11 is 0. The number of rotatable bonds is 42. The largest absolute Gasteiger partial charge is 0.462 e. The Hall–Kier alpha value is -1.59. The van der Waals surface area contributed by atoms with E-state index in [2.05, 4.69) is 27.7 Å². The fraction of sp³-hybridized carbons (Fsp3) is 0.936. The topological polar surface area (TPSA) is 78.9 Å². The average molecular weight is 751 g/mol. The van der Waals surface area contributed by atoms with Gasteiger partial charge in [-0.25, -0.2) is 0 Å². The molecule has 0 saturated heterocycles. The maximum atomic E-state index is 12.6. The highest BCUT2D eigenvalue weighted by Gasteiger charge is 2.19. The van der Waals surface area contributed by atoms with Crippen molar-refractivity contribution in [3.63, 3.8) is 0 Å². The molecule has 0 radical (unpaired) electrons. The predicted molar refractivity (Wildman–Crippen MR) is 224 cm³/mol. The third-order valence-corrected chi connectivity index (χ3v) is 10.5. The third-order valence-electron chi connectivity index (χ3n) is 10.5. The van der Waals surface area contributed by atoms with Crippen LogP contribution in [0.4, 0.5) is 0 Å². The Kier molecular flexibility index (Phi) is 40.3. The number of unbranched alkanes of at least 4 members (excludes halogenated alkanes) is 29. The Labute approximate surface area is 329 Å². The molecule has 0 saturated carbocycles. The maximum absolute atomic E-state index is 12.6. The molecule has 0 rings (SSSR count). The van der Waals surface area contributed by atoms with Gasteiger partial charge in [0.15, 0.2) is 6.10 Å². The molecule has 0 aromatic rings. The van der Waals surface area contributed by atoms with Gasteiger partial charge in [0, 0.05) is 19.3 Å². The zero-order valence-electron chi connectivity index (χ0n) is 36.0. The Morgan fingerprint density at radius 2 is 0.623 bits per heavy atom. The molecule has 0 unspecified atom stereocenters. The van der Waals surface area contributed by atoms with Gasteiger partial charge in [-0.15, -0.1) is 0 Å². The number of hydrogen-bond acceptors (Lipinski definition) is 6. The van der Waals surface area contributed by atoms with E-state index < -0.39 is 6.10 Å². The van der Waals surface area contributed by atoms with Gasteiger partial charge in [0.1, 0.15) is 13.2 Å². The van der Waals surface area contributed by atoms with Crippen molar-refractivity contribution < 1.29 is 28.6 Å². The summed E-state index contributed by atoms with van der Waals surface area (Å²) in [5.74, 6) is -0.0761. The predicted octanol–water partition coefficient (Wildman–Crippen LogP) is 14.7. The zero-order valence-corrected chi connectivity index (χ0v) is 36.0. The summed E-state index contributed by atoms with van der Waals surface area (Å²) in [6.45, 7) is 8.89. The first-order valence-corrected chi connectivity index (χ1v) is 23.4. The molecule has 314 valence electrons. The summed E-state index contributed by atoms with van der Waals surface area (Å²) in [7, 11) is 0. The SMILES string of the molecule is CCCCCCCCCCCCCCCCCCCCCC(=O)OC[C@@H](COC(=O)CCCCCCC)OC(=O)CCCCCCCCCCC(C)C. The quantitative estimate of drug-likeness (QED) is 0.0351. The van der Waals surface area contributed by atoms with Gasteiger partial charge in [0.05, 0.1) is 0 Å². The second kappa shape index (κ2) is 41.6. The Morgan fingerprint density at radius 1 is 0.358 bits per heavy atom. The Balaban J connectivity index is 4.09. The lowest BCUT2D eigenvalue weighted by atomic mass is 10.0. The smallest absolute Gasteiger partial charge is 0.306 e. The van der Waals surface area contributed by atoms with Crippen molar-refractivity contribution >= 4 is 17.9 Å². The molecule has 0 aliphatic heterocycles. The normalized spacial score (nSPS) is 11.9. The lowest BCUT2D eigenvalue weighted by Gasteiger charge is -2.18. The van der Waals surface area contributed by atoms with Crippen LogP contribution in [0.25, 0.3) is 0 Å². The van der Waals surface area contributed by atoms with Crippen molar-refractivity contribution in [3.8, 4) is 0 Å². The first-order valence-electron chi connectivity index (χ1n) is 23.4. The fourth-order valence-corrected chi connectivity index (χ4v) is 6.98. The minimum atomic E-state index is -0.758. The van der Waals surface area contributed by atoms with Crippen LogP contribution in [-0.2, 0) is 28.6 Å². The highest BCUT2D eigenvalue weighted by molar-refractivity contribution is 5.71. The first-order chi connectivity index (χ1) is 25.9. The van der Waals surface area contributed by atoms with Crippen LogP contribution >= 0.6 is 0 Å². The molecule has 0 heterocycles. The lowest BCUT2D eigenvalue weighted by molar-refractivity contribution is -0.167. The molecule has 0 aromatic heterocycles. The van der Waals surface area contributed by atoms with Gasteiger partial charge in [0.25, 0.3) is 0 Å². The van der Waals surface area contributed by atoms with Crippen molar-refractivity contribution in [2.45, 2.75) is 265 Å². The van der Waals surface area contributed by atoms with E-state index in [1.54, 1.807) is 0 Å². The van der Waals surface area contributed by atoms with Crippen LogP contribution in [0.2, 0.25) is 0 Å². The second-order valence-electron chi connectivity index (χ2n) is 16.5. The van der Waals surface area contributed by atoms with Gasteiger partial charge in [-0.2, -0.15) is 0 Å². The number of carbonyl (C=O) groups is 3. The minimum Gasteiger partial charge on any atom is -0.462 e. The number of carbonyl (C=O) groups excluding carboxylic acids is 3. The van der Waals surface area contributed by atoms with Gasteiger partial charge >= 0.3 is 17.9 Å². The van der Waals surface area contributed by atoms with Crippen molar-refractivity contribution in [2.75, 3.05) is 13.2 Å². The van der Waals surface area contributed by atoms with Gasteiger partial charge in [-0.05, 0) is 25.2 Å². The summed E-state index contributed by atoms with van der Waals surface area (Å²) in [6, 6.07) is 0. The van der Waals surface area contributed by atoms with Gasteiger partial charge in [-0.3, -0.25) is 14.4 Å². The molecule has 0 aliphatic carbocycles. The summed E-state index contributed by atoms with van der Waals surface area (Å²) in [5.41, 5.74) is 0. The van der Waals surface area contributed by atoms with Crippen LogP contribution in [0.5, 0.6) is 0 Å². The molecule has 0 spiro atoms. The monoisotopic (exact) mass is 751 g/mol. The van der Waals surface area contributed by atoms with E-state index in [9.17, 15) is 14.4 Å². The van der Waals surface area contributed by atoms with Crippen LogP contribution in [0, 0.1) is 5.92 Å². The molecule has 6 heteroatoms. The molecule has 0 N–H and O–H groups in total. The highest BCUT2D eigenvalue weighted by Crippen LogP contribution is 2.16. The lowest BCUT2D eigenvalue weighted by Crippen LogP contribution is -2.30. The van der Waals surface area contributed by atoms with Crippen LogP contribution in [0.15, 0.2) is 0 Å². The molecular formula is C47H90O6. The van der Waals surface area contributed by atoms with Crippen molar-refractivity contribution in [1.82, 2.24) is 0 Å². The Bertz CT molecular complexity index is 796. The number of ether oxygens (including phenoxy) is 3. The summed E-state index contributed by atoms with van der Waals surface area (Å²) < 4.78 is 16.6. The molecule has 0 aromatic carbocycles. The molecule has 53 heavy (non-hydrogen) atoms. The third kappa shape index (κ3) is 41.4. The van der Waals surface area contributed by atoms with Crippen LogP contribution in [0.3, 0.4) is 0 Å². The van der Waals surface area contributed by atoms with E-state index in [4.69, 9.17) is 14.2 Å². The number of esters is 3. The Morgan fingerprint density at radius 3 is 0.925 bits per heavy atom. The van der Waals surface area contributed by atoms with E-state index >= 15 is 0 Å². The molecule has 0 aliphatic rings. The van der Waals surface area contributed by atoms with Crippen LogP contribution in [-0.4, -0.2) is 37.2 Å². The molecule has 0 fully saturated rings. The molecular weight excluding hydrogens is 661 g/mol. The molecule has 0 bridgehead atoms. The molecule has 0 amide bonds. The summed E-state index contributed by atoms with van der Waals surface area (Å²) in [6.07, 6.45) is 41.3. The van der Waals surface area contributed by atoms with Gasteiger partial charge in [-0.1, -0.05) is 220 Å². The standard InChI is InChI=1S/C47H90O6/c1-5-7-9-11-12-13-14-15-16-17-18-19-20-21-22-23-27-31-35-39-46(49)52-42-44(41-51-45(48)38-34-29-10-8-6-2)53-47(50)40-36-32-28-25-24-26-30-33-37-43(3)4/h43-44H,5-42H2,1-4H3/t44-/m1/s1. The van der Waals surface area contributed by atoms with E-state index in [1.165, 1.54) is 148 Å². The second-order valence-corrected chi connectivity index (χ2v) is 16.5. The minimum absolute atomic E-state index is 0.0652. The van der Waals surface area contributed by atoms with E-state index in [0.717, 1.165) is 70.1 Å². The van der Waals surface area contributed by atoms with E-state index in [0.29, 0.717) is 19.3 Å². The van der Waals surface area contributed by atoms with E-state index in [-0.39, 0.29) is 31.1 Å². The highest BCUT2D eigenvalue weighted by atomic mass is 16.6. The van der Waals surface area contributed by atoms with Gasteiger partial charge < -0.3 is 14.2 Å². The van der Waals surface area contributed by atoms with Crippen molar-refractivity contribution in [3.05, 3.63) is 0 Å². The zero-order chi connectivity index (χ0) is 38.9. The molecule has 1 atom stereocenters. The van der Waals surface area contributed by atoms with Crippen molar-refractivity contribution in [1.29, 1.82) is 0 Å². The summed E-state index contributed by atoms with van der Waals surface area (Å²) in [4.78, 5) is 37.4. The average Bonchev–Trinajstić information content (AvgIpc) is 3.14. The first kappa shape index (κ1) is 51.4. The van der Waals surface area contributed by atoms with Gasteiger partial charge in [0.2, 0.25) is 0 Å². The fourth-order valence-electron chi connectivity index (χ4n) is 6.98. The summed E-state index contributed by atoms with van der Waals surface area (Å²) in [5, 5.41) is 0. The van der Waals surface area contributed by atoms with Crippen molar-refractivity contribution in [2.24, 2.45) is 5.92 Å². The maximum Gasteiger partial charge on any atom is 0.306 e. The van der Waals surface area contributed by atoms with Crippen LogP contribution in [0.1, 0.15) is 259 Å². The molecule has 6 nitrogen and oxygen atoms in total.